The third-order valence-corrected chi connectivity index (χ3v) is 4.16. The van der Waals surface area contributed by atoms with Crippen LogP contribution in [0.25, 0.3) is 6.08 Å². The molecule has 0 bridgehead atoms. The fourth-order valence-corrected chi connectivity index (χ4v) is 3.02. The van der Waals surface area contributed by atoms with Gasteiger partial charge in [-0.3, -0.25) is 9.69 Å². The van der Waals surface area contributed by atoms with Gasteiger partial charge in [-0.25, -0.2) is 4.99 Å². The Morgan fingerprint density at radius 1 is 1.33 bits per heavy atom. The molecular weight excluding hydrogens is 268 g/mol. The maximum absolute atomic E-state index is 12.1. The number of hydrogen-bond acceptors (Lipinski definition) is 3. The molecular formula is C13H11ClN2OS. The van der Waals surface area contributed by atoms with Gasteiger partial charge in [0.1, 0.15) is 5.70 Å². The number of amidine groups is 1. The molecule has 1 amide bonds. The number of nitrogens with zero attached hydrogens (tertiary/aromatic N) is 2. The number of halogens is 1. The van der Waals surface area contributed by atoms with Crippen LogP contribution in [0.4, 0.5) is 0 Å². The molecule has 0 atom stereocenters. The molecule has 0 aromatic heterocycles. The SMILES string of the molecule is O=C1C(=Cc2ccc(Cl)cc2)N=C2SCCCN12. The maximum Gasteiger partial charge on any atom is 0.278 e. The average Bonchev–Trinajstić information content (AvgIpc) is 2.70. The van der Waals surface area contributed by atoms with Crippen molar-refractivity contribution in [2.24, 2.45) is 4.99 Å². The van der Waals surface area contributed by atoms with E-state index in [1.807, 2.05) is 30.3 Å². The highest BCUT2D eigenvalue weighted by Gasteiger charge is 2.32. The molecule has 3 rings (SSSR count). The Balaban J connectivity index is 1.90. The first kappa shape index (κ1) is 11.8. The number of carbonyl (C=O) groups is 1. The standard InChI is InChI=1S/C13H11ClN2OS/c14-10-4-2-9(3-5-10)8-11-12(17)16-6-1-7-18-13(16)15-11/h2-5,8H,1,6-7H2. The minimum absolute atomic E-state index is 0.00662. The van der Waals surface area contributed by atoms with Crippen LogP contribution in [0.2, 0.25) is 5.02 Å². The lowest BCUT2D eigenvalue weighted by molar-refractivity contribution is -0.122. The van der Waals surface area contributed by atoms with Crippen molar-refractivity contribution in [3.8, 4) is 0 Å². The van der Waals surface area contributed by atoms with E-state index in [1.165, 1.54) is 0 Å². The molecule has 0 aliphatic carbocycles. The van der Waals surface area contributed by atoms with Gasteiger partial charge in [-0.1, -0.05) is 35.5 Å². The normalized spacial score (nSPS) is 21.2. The van der Waals surface area contributed by atoms with Crippen molar-refractivity contribution in [3.05, 3.63) is 40.5 Å². The van der Waals surface area contributed by atoms with Crippen LogP contribution in [0.15, 0.2) is 35.0 Å². The van der Waals surface area contributed by atoms with Gasteiger partial charge in [0.05, 0.1) is 0 Å². The molecule has 1 aromatic rings. The summed E-state index contributed by atoms with van der Waals surface area (Å²) in [4.78, 5) is 18.3. The molecule has 2 aliphatic heterocycles. The van der Waals surface area contributed by atoms with Gasteiger partial charge >= 0.3 is 0 Å². The summed E-state index contributed by atoms with van der Waals surface area (Å²) in [5.74, 6) is 1.05. The highest BCUT2D eigenvalue weighted by molar-refractivity contribution is 8.13. The molecule has 18 heavy (non-hydrogen) atoms. The highest BCUT2D eigenvalue weighted by Crippen LogP contribution is 2.27. The number of rotatable bonds is 1. The van der Waals surface area contributed by atoms with Gasteiger partial charge in [-0.2, -0.15) is 0 Å². The predicted molar refractivity (Wildman–Crippen MR) is 75.7 cm³/mol. The number of carbonyl (C=O) groups excluding carboxylic acids is 1. The quantitative estimate of drug-likeness (QED) is 0.740. The van der Waals surface area contributed by atoms with Crippen molar-refractivity contribution >= 4 is 40.5 Å². The number of aliphatic imine (C=N–C) groups is 1. The van der Waals surface area contributed by atoms with Gasteiger partial charge in [-0.05, 0) is 30.2 Å². The van der Waals surface area contributed by atoms with Crippen LogP contribution >= 0.6 is 23.4 Å². The number of benzene rings is 1. The molecule has 1 fully saturated rings. The summed E-state index contributed by atoms with van der Waals surface area (Å²) >= 11 is 7.48. The summed E-state index contributed by atoms with van der Waals surface area (Å²) in [6.45, 7) is 0.780. The molecule has 0 saturated carbocycles. The molecule has 1 saturated heterocycles. The second-order valence-corrected chi connectivity index (χ2v) is 5.63. The van der Waals surface area contributed by atoms with Crippen molar-refractivity contribution in [2.75, 3.05) is 12.3 Å². The van der Waals surface area contributed by atoms with E-state index >= 15 is 0 Å². The number of fused-ring (bicyclic) bond motifs is 1. The Morgan fingerprint density at radius 3 is 2.83 bits per heavy atom. The van der Waals surface area contributed by atoms with Crippen molar-refractivity contribution < 1.29 is 4.79 Å². The monoisotopic (exact) mass is 278 g/mol. The first-order valence-corrected chi connectivity index (χ1v) is 7.11. The molecule has 0 spiro atoms. The van der Waals surface area contributed by atoms with Crippen LogP contribution in [0, 0.1) is 0 Å². The second-order valence-electron chi connectivity index (χ2n) is 4.13. The summed E-state index contributed by atoms with van der Waals surface area (Å²) in [7, 11) is 0. The van der Waals surface area contributed by atoms with E-state index in [-0.39, 0.29) is 5.91 Å². The minimum Gasteiger partial charge on any atom is -0.286 e. The molecule has 0 radical (unpaired) electrons. The molecule has 0 unspecified atom stereocenters. The van der Waals surface area contributed by atoms with Gasteiger partial charge in [0.2, 0.25) is 0 Å². The van der Waals surface area contributed by atoms with E-state index < -0.39 is 0 Å². The van der Waals surface area contributed by atoms with Crippen LogP contribution < -0.4 is 0 Å². The van der Waals surface area contributed by atoms with E-state index in [2.05, 4.69) is 4.99 Å². The van der Waals surface area contributed by atoms with Gasteiger partial charge in [0.25, 0.3) is 5.91 Å². The largest absolute Gasteiger partial charge is 0.286 e. The summed E-state index contributed by atoms with van der Waals surface area (Å²) in [5.41, 5.74) is 1.46. The first-order valence-electron chi connectivity index (χ1n) is 5.75. The van der Waals surface area contributed by atoms with Gasteiger partial charge in [-0.15, -0.1) is 0 Å². The fraction of sp³-hybridized carbons (Fsp3) is 0.231. The van der Waals surface area contributed by atoms with Gasteiger partial charge < -0.3 is 0 Å². The topological polar surface area (TPSA) is 32.7 Å². The predicted octanol–water partition coefficient (Wildman–Crippen LogP) is 3.02. The van der Waals surface area contributed by atoms with Gasteiger partial charge in [0, 0.05) is 17.3 Å². The lowest BCUT2D eigenvalue weighted by atomic mass is 10.2. The Morgan fingerprint density at radius 2 is 2.11 bits per heavy atom. The van der Waals surface area contributed by atoms with E-state index in [0.717, 1.165) is 29.4 Å². The van der Waals surface area contributed by atoms with E-state index in [4.69, 9.17) is 11.6 Å². The molecule has 3 nitrogen and oxygen atoms in total. The fourth-order valence-electron chi connectivity index (χ4n) is 1.94. The van der Waals surface area contributed by atoms with Crippen LogP contribution in [0.1, 0.15) is 12.0 Å². The van der Waals surface area contributed by atoms with Crippen LogP contribution in [0.3, 0.4) is 0 Å². The average molecular weight is 279 g/mol. The molecule has 0 N–H and O–H groups in total. The van der Waals surface area contributed by atoms with E-state index in [1.54, 1.807) is 16.7 Å². The van der Waals surface area contributed by atoms with Crippen molar-refractivity contribution in [3.63, 3.8) is 0 Å². The van der Waals surface area contributed by atoms with Crippen molar-refractivity contribution in [1.82, 2.24) is 4.90 Å². The lowest BCUT2D eigenvalue weighted by Gasteiger charge is -2.21. The Bertz CT molecular complexity index is 551. The van der Waals surface area contributed by atoms with Crippen LogP contribution in [0.5, 0.6) is 0 Å². The van der Waals surface area contributed by atoms with Gasteiger partial charge in [0.15, 0.2) is 5.17 Å². The Hall–Kier alpha value is -1.26. The van der Waals surface area contributed by atoms with E-state index in [9.17, 15) is 4.79 Å². The highest BCUT2D eigenvalue weighted by atomic mass is 35.5. The lowest BCUT2D eigenvalue weighted by Crippen LogP contribution is -2.34. The Kier molecular flexibility index (Phi) is 3.14. The van der Waals surface area contributed by atoms with E-state index in [0.29, 0.717) is 10.7 Å². The third-order valence-electron chi connectivity index (χ3n) is 2.84. The smallest absolute Gasteiger partial charge is 0.278 e. The minimum atomic E-state index is 0.00662. The molecule has 2 heterocycles. The number of hydrogen-bond donors (Lipinski definition) is 0. The molecule has 1 aromatic carbocycles. The second kappa shape index (κ2) is 4.78. The Labute approximate surface area is 115 Å². The molecule has 2 aliphatic rings. The van der Waals surface area contributed by atoms with Crippen molar-refractivity contribution in [1.29, 1.82) is 0 Å². The zero-order valence-corrected chi connectivity index (χ0v) is 11.2. The maximum atomic E-state index is 12.1. The van der Waals surface area contributed by atoms with Crippen LogP contribution in [-0.2, 0) is 4.79 Å². The first-order chi connectivity index (χ1) is 8.74. The number of amides is 1. The molecule has 5 heteroatoms. The summed E-state index contributed by atoms with van der Waals surface area (Å²) in [5, 5.41) is 1.53. The van der Waals surface area contributed by atoms with Crippen LogP contribution in [-0.4, -0.2) is 28.3 Å². The summed E-state index contributed by atoms with van der Waals surface area (Å²) in [6.07, 6.45) is 2.84. The summed E-state index contributed by atoms with van der Waals surface area (Å²) < 4.78 is 0. The third kappa shape index (κ3) is 2.18. The van der Waals surface area contributed by atoms with Crippen molar-refractivity contribution in [2.45, 2.75) is 6.42 Å². The zero-order valence-electron chi connectivity index (χ0n) is 9.60. The molecule has 92 valence electrons. The number of thioether (sulfide) groups is 1. The zero-order chi connectivity index (χ0) is 12.5. The summed E-state index contributed by atoms with van der Waals surface area (Å²) in [6, 6.07) is 7.38.